The summed E-state index contributed by atoms with van der Waals surface area (Å²) >= 11 is 5.86. The lowest BCUT2D eigenvalue weighted by Crippen LogP contribution is -2.48. The Morgan fingerprint density at radius 3 is 2.63 bits per heavy atom. The van der Waals surface area contributed by atoms with Gasteiger partial charge < -0.3 is 14.8 Å². The van der Waals surface area contributed by atoms with Crippen LogP contribution in [0.4, 0.5) is 0 Å². The topological polar surface area (TPSA) is 84.9 Å². The quantitative estimate of drug-likeness (QED) is 0.757. The van der Waals surface area contributed by atoms with E-state index in [0.717, 1.165) is 0 Å². The Morgan fingerprint density at radius 2 is 1.87 bits per heavy atom. The molecular formula is C21H23ClN2O5S. The van der Waals surface area contributed by atoms with Gasteiger partial charge in [-0.1, -0.05) is 23.7 Å². The summed E-state index contributed by atoms with van der Waals surface area (Å²) in [6.07, 6.45) is 0.978. The number of nitrogens with zero attached hydrogens (tertiary/aromatic N) is 1. The van der Waals surface area contributed by atoms with E-state index in [1.807, 2.05) is 24.3 Å². The van der Waals surface area contributed by atoms with Gasteiger partial charge >= 0.3 is 0 Å². The summed E-state index contributed by atoms with van der Waals surface area (Å²) < 4.78 is 38.7. The van der Waals surface area contributed by atoms with E-state index in [2.05, 4.69) is 5.32 Å². The third-order valence-corrected chi connectivity index (χ3v) is 7.41. The van der Waals surface area contributed by atoms with Crippen LogP contribution in [0.25, 0.3) is 0 Å². The Hall–Kier alpha value is -2.29. The first-order chi connectivity index (χ1) is 14.4. The summed E-state index contributed by atoms with van der Waals surface area (Å²) in [5.41, 5.74) is 0. The summed E-state index contributed by atoms with van der Waals surface area (Å²) in [6, 6.07) is 13.5. The number of fused-ring (bicyclic) bond motifs is 1. The zero-order valence-corrected chi connectivity index (χ0v) is 17.9. The highest BCUT2D eigenvalue weighted by molar-refractivity contribution is 7.89. The van der Waals surface area contributed by atoms with Crippen molar-refractivity contribution in [2.45, 2.75) is 23.8 Å². The van der Waals surface area contributed by atoms with Gasteiger partial charge in [-0.05, 0) is 49.2 Å². The number of sulfonamides is 1. The minimum Gasteiger partial charge on any atom is -0.486 e. The summed E-state index contributed by atoms with van der Waals surface area (Å²) in [5, 5.41) is 3.36. The van der Waals surface area contributed by atoms with Crippen molar-refractivity contribution in [3.63, 3.8) is 0 Å². The molecule has 1 N–H and O–H groups in total. The fraction of sp³-hybridized carbons (Fsp3) is 0.381. The number of ether oxygens (including phenoxy) is 2. The Morgan fingerprint density at radius 1 is 1.13 bits per heavy atom. The van der Waals surface area contributed by atoms with E-state index in [9.17, 15) is 13.2 Å². The van der Waals surface area contributed by atoms with Gasteiger partial charge in [-0.3, -0.25) is 4.79 Å². The van der Waals surface area contributed by atoms with Crippen LogP contribution >= 0.6 is 11.6 Å². The molecule has 0 spiro atoms. The maximum atomic E-state index is 12.9. The third-order valence-electron chi connectivity index (χ3n) is 5.28. The smallest absolute Gasteiger partial charge is 0.243 e. The van der Waals surface area contributed by atoms with E-state index in [1.165, 1.54) is 16.4 Å². The molecule has 2 aromatic rings. The molecule has 0 aliphatic carbocycles. The number of benzene rings is 2. The van der Waals surface area contributed by atoms with Gasteiger partial charge in [-0.2, -0.15) is 4.31 Å². The van der Waals surface area contributed by atoms with Crippen molar-refractivity contribution in [3.05, 3.63) is 53.6 Å². The van der Waals surface area contributed by atoms with E-state index in [-0.39, 0.29) is 23.5 Å². The number of rotatable bonds is 5. The molecule has 7 nitrogen and oxygen atoms in total. The van der Waals surface area contributed by atoms with Gasteiger partial charge in [0, 0.05) is 18.1 Å². The Labute approximate surface area is 181 Å². The number of amides is 1. The molecule has 1 fully saturated rings. The minimum atomic E-state index is -3.66. The molecule has 0 aromatic heterocycles. The molecule has 0 bridgehead atoms. The molecule has 2 aromatic carbocycles. The second kappa shape index (κ2) is 8.83. The highest BCUT2D eigenvalue weighted by atomic mass is 35.5. The highest BCUT2D eigenvalue weighted by Crippen LogP contribution is 2.31. The van der Waals surface area contributed by atoms with Crippen molar-refractivity contribution < 1.29 is 22.7 Å². The number of para-hydroxylation sites is 2. The number of carbonyl (C=O) groups is 1. The Balaban J connectivity index is 1.34. The number of halogens is 1. The summed E-state index contributed by atoms with van der Waals surface area (Å²) in [7, 11) is -3.66. The molecule has 30 heavy (non-hydrogen) atoms. The van der Waals surface area contributed by atoms with E-state index >= 15 is 0 Å². The fourth-order valence-corrected chi connectivity index (χ4v) is 5.30. The molecule has 2 aliphatic heterocycles. The van der Waals surface area contributed by atoms with Gasteiger partial charge in [-0.15, -0.1) is 0 Å². The van der Waals surface area contributed by atoms with Crippen LogP contribution in [0.3, 0.4) is 0 Å². The largest absolute Gasteiger partial charge is 0.486 e. The van der Waals surface area contributed by atoms with E-state index in [1.54, 1.807) is 12.1 Å². The molecule has 1 amide bonds. The van der Waals surface area contributed by atoms with Crippen LogP contribution in [-0.4, -0.2) is 51.0 Å². The number of piperidine rings is 1. The first-order valence-corrected chi connectivity index (χ1v) is 11.7. The fourth-order valence-electron chi connectivity index (χ4n) is 3.65. The Kier molecular flexibility index (Phi) is 6.17. The molecule has 4 rings (SSSR count). The SMILES string of the molecule is O=C(NC[C@H]1COc2ccccc2O1)[C@H]1CCCN(S(=O)(=O)c2ccc(Cl)cc2)C1. The predicted octanol–water partition coefficient (Wildman–Crippen LogP) is 2.70. The summed E-state index contributed by atoms with van der Waals surface area (Å²) in [5.74, 6) is 0.766. The average molecular weight is 451 g/mol. The molecular weight excluding hydrogens is 428 g/mol. The normalized spacial score (nSPS) is 21.8. The van der Waals surface area contributed by atoms with Crippen molar-refractivity contribution in [3.8, 4) is 11.5 Å². The van der Waals surface area contributed by atoms with Crippen LogP contribution in [0, 0.1) is 5.92 Å². The van der Waals surface area contributed by atoms with Gasteiger partial charge in [0.25, 0.3) is 0 Å². The first-order valence-electron chi connectivity index (χ1n) is 9.85. The summed E-state index contributed by atoms with van der Waals surface area (Å²) in [4.78, 5) is 12.9. The maximum absolute atomic E-state index is 12.9. The summed E-state index contributed by atoms with van der Waals surface area (Å²) in [6.45, 7) is 1.19. The van der Waals surface area contributed by atoms with Crippen LogP contribution in [-0.2, 0) is 14.8 Å². The van der Waals surface area contributed by atoms with Gasteiger partial charge in [0.1, 0.15) is 12.7 Å². The van der Waals surface area contributed by atoms with Crippen molar-refractivity contribution in [2.24, 2.45) is 5.92 Å². The van der Waals surface area contributed by atoms with Crippen LogP contribution < -0.4 is 14.8 Å². The number of hydrogen-bond acceptors (Lipinski definition) is 5. The van der Waals surface area contributed by atoms with Crippen LogP contribution in [0.5, 0.6) is 11.5 Å². The van der Waals surface area contributed by atoms with E-state index in [0.29, 0.717) is 49.1 Å². The average Bonchev–Trinajstić information content (AvgIpc) is 2.77. The van der Waals surface area contributed by atoms with Crippen LogP contribution in [0.2, 0.25) is 5.02 Å². The molecule has 160 valence electrons. The lowest BCUT2D eigenvalue weighted by Gasteiger charge is -2.32. The number of hydrogen-bond donors (Lipinski definition) is 1. The molecule has 2 aliphatic rings. The second-order valence-electron chi connectivity index (χ2n) is 7.40. The molecule has 2 atom stereocenters. The monoisotopic (exact) mass is 450 g/mol. The van der Waals surface area contributed by atoms with Crippen LogP contribution in [0.1, 0.15) is 12.8 Å². The molecule has 0 radical (unpaired) electrons. The third kappa shape index (κ3) is 4.55. The maximum Gasteiger partial charge on any atom is 0.243 e. The van der Waals surface area contributed by atoms with E-state index in [4.69, 9.17) is 21.1 Å². The molecule has 1 saturated heterocycles. The van der Waals surface area contributed by atoms with Gasteiger partial charge in [0.2, 0.25) is 15.9 Å². The second-order valence-corrected chi connectivity index (χ2v) is 9.77. The van der Waals surface area contributed by atoms with Crippen molar-refractivity contribution in [2.75, 3.05) is 26.2 Å². The molecule has 9 heteroatoms. The van der Waals surface area contributed by atoms with Crippen molar-refractivity contribution >= 4 is 27.5 Å². The van der Waals surface area contributed by atoms with Crippen molar-refractivity contribution in [1.82, 2.24) is 9.62 Å². The first kappa shape index (κ1) is 21.0. The van der Waals surface area contributed by atoms with Gasteiger partial charge in [0.15, 0.2) is 11.5 Å². The zero-order chi connectivity index (χ0) is 21.1. The lowest BCUT2D eigenvalue weighted by molar-refractivity contribution is -0.126. The lowest BCUT2D eigenvalue weighted by atomic mass is 9.99. The highest BCUT2D eigenvalue weighted by Gasteiger charge is 2.33. The van der Waals surface area contributed by atoms with Crippen LogP contribution in [0.15, 0.2) is 53.4 Å². The Bertz CT molecular complexity index is 1010. The van der Waals surface area contributed by atoms with Gasteiger partial charge in [0.05, 0.1) is 17.4 Å². The minimum absolute atomic E-state index is 0.154. The predicted molar refractivity (Wildman–Crippen MR) is 112 cm³/mol. The van der Waals surface area contributed by atoms with E-state index < -0.39 is 15.9 Å². The number of carbonyl (C=O) groups excluding carboxylic acids is 1. The number of nitrogens with one attached hydrogen (secondary N) is 1. The molecule has 0 saturated carbocycles. The molecule has 2 heterocycles. The standard InChI is InChI=1S/C21H23ClN2O5S/c22-16-7-9-18(10-8-16)30(26,27)24-11-3-4-15(13-24)21(25)23-12-17-14-28-19-5-1-2-6-20(19)29-17/h1-2,5-10,15,17H,3-4,11-14H2,(H,23,25)/t15-,17-/m0/s1. The molecule has 0 unspecified atom stereocenters. The zero-order valence-electron chi connectivity index (χ0n) is 16.3. The van der Waals surface area contributed by atoms with Crippen molar-refractivity contribution in [1.29, 1.82) is 0 Å². The van der Waals surface area contributed by atoms with Gasteiger partial charge in [-0.25, -0.2) is 8.42 Å².